The molecule has 2 aromatic carbocycles. The minimum Gasteiger partial charge on any atom is -0.455 e. The standard InChI is InChI=1S/C16H11Cl2NO/c1-10-9-13(18)15-12(17)7-8-14(16(15)19-10)20-11-5-3-2-4-6-11/h2-9H,1H3. The van der Waals surface area contributed by atoms with Crippen molar-refractivity contribution in [3.8, 4) is 11.5 Å². The minimum atomic E-state index is 0.568. The zero-order valence-electron chi connectivity index (χ0n) is 10.7. The van der Waals surface area contributed by atoms with Gasteiger partial charge in [-0.15, -0.1) is 0 Å². The molecule has 1 heterocycles. The molecule has 20 heavy (non-hydrogen) atoms. The van der Waals surface area contributed by atoms with Gasteiger partial charge in [-0.2, -0.15) is 0 Å². The first-order valence-corrected chi connectivity index (χ1v) is 6.89. The van der Waals surface area contributed by atoms with Gasteiger partial charge < -0.3 is 4.74 Å². The number of rotatable bonds is 2. The summed E-state index contributed by atoms with van der Waals surface area (Å²) in [7, 11) is 0. The van der Waals surface area contributed by atoms with Crippen molar-refractivity contribution in [2.45, 2.75) is 6.92 Å². The fourth-order valence-electron chi connectivity index (χ4n) is 2.05. The van der Waals surface area contributed by atoms with E-state index in [4.69, 9.17) is 27.9 Å². The van der Waals surface area contributed by atoms with Gasteiger partial charge >= 0.3 is 0 Å². The minimum absolute atomic E-state index is 0.568. The Balaban J connectivity index is 2.19. The third-order valence-corrected chi connectivity index (χ3v) is 3.54. The molecule has 0 N–H and O–H groups in total. The maximum Gasteiger partial charge on any atom is 0.153 e. The molecule has 0 unspecified atom stereocenters. The summed E-state index contributed by atoms with van der Waals surface area (Å²) in [5, 5.41) is 1.86. The Labute approximate surface area is 126 Å². The highest BCUT2D eigenvalue weighted by Gasteiger charge is 2.12. The Morgan fingerprint density at radius 1 is 0.950 bits per heavy atom. The van der Waals surface area contributed by atoms with Crippen LogP contribution in [0.5, 0.6) is 11.5 Å². The molecule has 100 valence electrons. The number of para-hydroxylation sites is 1. The van der Waals surface area contributed by atoms with E-state index in [-0.39, 0.29) is 0 Å². The fraction of sp³-hybridized carbons (Fsp3) is 0.0625. The zero-order chi connectivity index (χ0) is 14.1. The van der Waals surface area contributed by atoms with Crippen LogP contribution in [0.2, 0.25) is 10.0 Å². The van der Waals surface area contributed by atoms with Gasteiger partial charge in [0.05, 0.1) is 10.0 Å². The average Bonchev–Trinajstić information content (AvgIpc) is 2.42. The Hall–Kier alpha value is -1.77. The number of fused-ring (bicyclic) bond motifs is 1. The van der Waals surface area contributed by atoms with Gasteiger partial charge in [-0.05, 0) is 37.3 Å². The van der Waals surface area contributed by atoms with Gasteiger partial charge in [0, 0.05) is 11.1 Å². The fourth-order valence-corrected chi connectivity index (χ4v) is 2.70. The molecule has 0 atom stereocenters. The molecule has 0 radical (unpaired) electrons. The Kier molecular flexibility index (Phi) is 3.51. The molecule has 0 fully saturated rings. The van der Waals surface area contributed by atoms with E-state index in [9.17, 15) is 0 Å². The van der Waals surface area contributed by atoms with Crippen LogP contribution in [-0.4, -0.2) is 4.98 Å². The van der Waals surface area contributed by atoms with Crippen molar-refractivity contribution in [2.75, 3.05) is 0 Å². The monoisotopic (exact) mass is 303 g/mol. The van der Waals surface area contributed by atoms with Crippen LogP contribution in [0.1, 0.15) is 5.69 Å². The molecule has 0 amide bonds. The van der Waals surface area contributed by atoms with Gasteiger partial charge in [0.25, 0.3) is 0 Å². The zero-order valence-corrected chi connectivity index (χ0v) is 12.2. The molecule has 4 heteroatoms. The summed E-state index contributed by atoms with van der Waals surface area (Å²) in [6.07, 6.45) is 0. The Morgan fingerprint density at radius 2 is 1.70 bits per heavy atom. The molecule has 0 bridgehead atoms. The Morgan fingerprint density at radius 3 is 2.45 bits per heavy atom. The van der Waals surface area contributed by atoms with Gasteiger partial charge in [-0.3, -0.25) is 0 Å². The van der Waals surface area contributed by atoms with E-state index in [1.165, 1.54) is 0 Å². The van der Waals surface area contributed by atoms with E-state index in [1.807, 2.05) is 37.3 Å². The quantitative estimate of drug-likeness (QED) is 0.611. The highest BCUT2D eigenvalue weighted by Crippen LogP contribution is 2.37. The second-order valence-corrected chi connectivity index (χ2v) is 5.24. The van der Waals surface area contributed by atoms with Gasteiger partial charge in [-0.1, -0.05) is 41.4 Å². The summed E-state index contributed by atoms with van der Waals surface area (Å²) in [6.45, 7) is 1.89. The van der Waals surface area contributed by atoms with Crippen LogP contribution in [0, 0.1) is 6.92 Å². The molecule has 0 aliphatic heterocycles. The lowest BCUT2D eigenvalue weighted by Crippen LogP contribution is -1.91. The van der Waals surface area contributed by atoms with Gasteiger partial charge in [0.15, 0.2) is 5.75 Å². The normalized spacial score (nSPS) is 10.8. The lowest BCUT2D eigenvalue weighted by atomic mass is 10.2. The molecule has 0 saturated carbocycles. The first-order valence-electron chi connectivity index (χ1n) is 6.13. The summed E-state index contributed by atoms with van der Waals surface area (Å²) in [5.74, 6) is 1.39. The lowest BCUT2D eigenvalue weighted by molar-refractivity contribution is 0.487. The number of ether oxygens (including phenoxy) is 1. The van der Waals surface area contributed by atoms with E-state index in [1.54, 1.807) is 18.2 Å². The molecule has 0 aliphatic carbocycles. The molecule has 3 rings (SSSR count). The molecule has 3 aromatic rings. The molecule has 1 aromatic heterocycles. The highest BCUT2D eigenvalue weighted by atomic mass is 35.5. The highest BCUT2D eigenvalue weighted by molar-refractivity contribution is 6.42. The van der Waals surface area contributed by atoms with Crippen molar-refractivity contribution in [2.24, 2.45) is 0 Å². The number of pyridine rings is 1. The van der Waals surface area contributed by atoms with Crippen molar-refractivity contribution in [1.82, 2.24) is 4.98 Å². The summed E-state index contributed by atoms with van der Waals surface area (Å²) in [5.41, 5.74) is 1.49. The van der Waals surface area contributed by atoms with Crippen LogP contribution in [-0.2, 0) is 0 Å². The molecule has 0 spiro atoms. The van der Waals surface area contributed by atoms with Crippen LogP contribution in [0.25, 0.3) is 10.9 Å². The average molecular weight is 304 g/mol. The van der Waals surface area contributed by atoms with Crippen LogP contribution in [0.4, 0.5) is 0 Å². The number of hydrogen-bond acceptors (Lipinski definition) is 2. The SMILES string of the molecule is Cc1cc(Cl)c2c(Cl)ccc(Oc3ccccc3)c2n1. The number of aromatic nitrogens is 1. The molecule has 2 nitrogen and oxygen atoms in total. The summed E-state index contributed by atoms with van der Waals surface area (Å²) >= 11 is 12.5. The second-order valence-electron chi connectivity index (χ2n) is 4.43. The van der Waals surface area contributed by atoms with Crippen LogP contribution < -0.4 is 4.74 Å². The number of aryl methyl sites for hydroxylation is 1. The maximum absolute atomic E-state index is 6.26. The molecular weight excluding hydrogens is 293 g/mol. The smallest absolute Gasteiger partial charge is 0.153 e. The number of halogens is 2. The van der Waals surface area contributed by atoms with Gasteiger partial charge in [-0.25, -0.2) is 4.98 Å². The molecular formula is C16H11Cl2NO. The molecule has 0 aliphatic rings. The van der Waals surface area contributed by atoms with Crippen LogP contribution >= 0.6 is 23.2 Å². The lowest BCUT2D eigenvalue weighted by Gasteiger charge is -2.11. The summed E-state index contributed by atoms with van der Waals surface area (Å²) < 4.78 is 5.88. The topological polar surface area (TPSA) is 22.1 Å². The van der Waals surface area contributed by atoms with Gasteiger partial charge in [0.1, 0.15) is 11.3 Å². The first kappa shape index (κ1) is 13.2. The van der Waals surface area contributed by atoms with Crippen molar-refractivity contribution in [3.05, 3.63) is 64.3 Å². The third-order valence-electron chi connectivity index (χ3n) is 2.92. The van der Waals surface area contributed by atoms with Crippen molar-refractivity contribution >= 4 is 34.1 Å². The molecule has 0 saturated heterocycles. The van der Waals surface area contributed by atoms with Crippen molar-refractivity contribution in [3.63, 3.8) is 0 Å². The van der Waals surface area contributed by atoms with E-state index >= 15 is 0 Å². The number of benzene rings is 2. The van der Waals surface area contributed by atoms with E-state index in [2.05, 4.69) is 4.98 Å². The Bertz CT molecular complexity index is 772. The first-order chi connectivity index (χ1) is 9.65. The summed E-state index contributed by atoms with van der Waals surface area (Å²) in [4.78, 5) is 4.50. The largest absolute Gasteiger partial charge is 0.455 e. The predicted octanol–water partition coefficient (Wildman–Crippen LogP) is 5.64. The van der Waals surface area contributed by atoms with Crippen LogP contribution in [0.3, 0.4) is 0 Å². The number of nitrogens with zero attached hydrogens (tertiary/aromatic N) is 1. The van der Waals surface area contributed by atoms with E-state index in [0.717, 1.165) is 11.4 Å². The maximum atomic E-state index is 6.26. The van der Waals surface area contributed by atoms with Crippen molar-refractivity contribution in [1.29, 1.82) is 0 Å². The van der Waals surface area contributed by atoms with E-state index in [0.29, 0.717) is 26.7 Å². The summed E-state index contributed by atoms with van der Waals surface area (Å²) in [6, 6.07) is 14.9. The second kappa shape index (κ2) is 5.31. The number of hydrogen-bond donors (Lipinski definition) is 0. The third kappa shape index (κ3) is 2.45. The predicted molar refractivity (Wildman–Crippen MR) is 83.0 cm³/mol. The van der Waals surface area contributed by atoms with Crippen LogP contribution in [0.15, 0.2) is 48.5 Å². The van der Waals surface area contributed by atoms with Gasteiger partial charge in [0.2, 0.25) is 0 Å². The van der Waals surface area contributed by atoms with Crippen molar-refractivity contribution < 1.29 is 4.74 Å². The van der Waals surface area contributed by atoms with E-state index < -0.39 is 0 Å².